The molecule has 4 rings (SSSR count). The van der Waals surface area contributed by atoms with Gasteiger partial charge in [-0.1, -0.05) is 13.8 Å². The highest BCUT2D eigenvalue weighted by Gasteiger charge is 2.63. The van der Waals surface area contributed by atoms with Crippen LogP contribution in [-0.4, -0.2) is 104 Å². The van der Waals surface area contributed by atoms with Crippen LogP contribution in [0.5, 0.6) is 0 Å². The van der Waals surface area contributed by atoms with Crippen molar-refractivity contribution >= 4 is 5.78 Å². The SMILES string of the molecule is CC12CN3CC(C)(CN(C1)C3[C@H](O)[C@@H](O)[C@H](O)[C@@H](O)CO)C2=O. The van der Waals surface area contributed by atoms with Crippen LogP contribution in [0.15, 0.2) is 0 Å². The van der Waals surface area contributed by atoms with Crippen molar-refractivity contribution in [2.75, 3.05) is 32.8 Å². The number of hydrogen-bond acceptors (Lipinski definition) is 8. The summed E-state index contributed by atoms with van der Waals surface area (Å²) in [6.07, 6.45) is -6.57. The normalized spacial score (nSPS) is 47.4. The molecule has 8 nitrogen and oxygen atoms in total. The van der Waals surface area contributed by atoms with E-state index in [2.05, 4.69) is 0 Å². The molecule has 0 spiro atoms. The Balaban J connectivity index is 1.80. The Morgan fingerprint density at radius 2 is 1.43 bits per heavy atom. The maximum Gasteiger partial charge on any atom is 0.149 e. The molecule has 4 aliphatic rings. The summed E-state index contributed by atoms with van der Waals surface area (Å²) in [7, 11) is 0. The second-order valence-corrected chi connectivity index (χ2v) is 7.90. The molecule has 5 N–H and O–H groups in total. The summed E-state index contributed by atoms with van der Waals surface area (Å²) in [5.74, 6) is 0.252. The van der Waals surface area contributed by atoms with Crippen LogP contribution in [0.4, 0.5) is 0 Å². The van der Waals surface area contributed by atoms with E-state index in [4.69, 9.17) is 5.11 Å². The third kappa shape index (κ3) is 2.44. The van der Waals surface area contributed by atoms with Crippen LogP contribution in [0.2, 0.25) is 0 Å². The first-order chi connectivity index (χ1) is 10.6. The lowest BCUT2D eigenvalue weighted by Gasteiger charge is -2.65. The molecule has 4 aliphatic heterocycles. The fourth-order valence-electron chi connectivity index (χ4n) is 4.77. The number of Topliss-reactive ketones (excluding diaryl/α,β-unsaturated/α-hetero) is 1. The van der Waals surface area contributed by atoms with Crippen molar-refractivity contribution in [1.29, 1.82) is 0 Å². The number of piperidine rings is 2. The minimum absolute atomic E-state index is 0.252. The number of ketones is 1. The van der Waals surface area contributed by atoms with Gasteiger partial charge in [-0.2, -0.15) is 0 Å². The van der Waals surface area contributed by atoms with Crippen LogP contribution in [0.3, 0.4) is 0 Å². The molecule has 0 amide bonds. The zero-order chi connectivity index (χ0) is 17.2. The van der Waals surface area contributed by atoms with E-state index in [9.17, 15) is 25.2 Å². The topological polar surface area (TPSA) is 125 Å². The molecule has 0 radical (unpaired) electrons. The number of hydrogen-bond donors (Lipinski definition) is 5. The highest BCUT2D eigenvalue weighted by Crippen LogP contribution is 2.48. The van der Waals surface area contributed by atoms with Crippen LogP contribution < -0.4 is 0 Å². The Bertz CT molecular complexity index is 460. The molecule has 0 aromatic heterocycles. The van der Waals surface area contributed by atoms with Gasteiger partial charge in [-0.15, -0.1) is 0 Å². The average Bonchev–Trinajstić information content (AvgIpc) is 2.48. The Labute approximate surface area is 134 Å². The lowest BCUT2D eigenvalue weighted by atomic mass is 9.61. The minimum atomic E-state index is -1.64. The molecule has 132 valence electrons. The Morgan fingerprint density at radius 1 is 1.00 bits per heavy atom. The summed E-state index contributed by atoms with van der Waals surface area (Å²) in [6.45, 7) is 5.17. The van der Waals surface area contributed by atoms with E-state index < -0.39 is 48.0 Å². The van der Waals surface area contributed by atoms with Gasteiger partial charge in [-0.05, 0) is 0 Å². The molecule has 0 aromatic carbocycles. The molecule has 4 heterocycles. The summed E-state index contributed by atoms with van der Waals surface area (Å²) in [5.41, 5.74) is -0.953. The molecule has 4 fully saturated rings. The van der Waals surface area contributed by atoms with Gasteiger partial charge in [0.25, 0.3) is 0 Å². The van der Waals surface area contributed by atoms with Crippen molar-refractivity contribution in [2.24, 2.45) is 10.8 Å². The van der Waals surface area contributed by atoms with E-state index in [0.29, 0.717) is 26.2 Å². The van der Waals surface area contributed by atoms with Gasteiger partial charge in [-0.25, -0.2) is 0 Å². The molecule has 23 heavy (non-hydrogen) atoms. The molecule has 0 aromatic rings. The maximum atomic E-state index is 12.6. The van der Waals surface area contributed by atoms with E-state index in [1.165, 1.54) is 0 Å². The predicted octanol–water partition coefficient (Wildman–Crippen LogP) is -3.03. The van der Waals surface area contributed by atoms with Gasteiger partial charge in [-0.3, -0.25) is 14.6 Å². The van der Waals surface area contributed by atoms with Crippen molar-refractivity contribution in [2.45, 2.75) is 44.4 Å². The quantitative estimate of drug-likeness (QED) is 0.361. The molecular weight excluding hydrogens is 304 g/mol. The molecule has 4 atom stereocenters. The number of nitrogens with zero attached hydrogens (tertiary/aromatic N) is 2. The first-order valence-corrected chi connectivity index (χ1v) is 7.99. The maximum absolute atomic E-state index is 12.6. The number of aliphatic hydroxyl groups is 5. The van der Waals surface area contributed by atoms with Crippen molar-refractivity contribution in [3.8, 4) is 0 Å². The number of rotatable bonds is 5. The van der Waals surface area contributed by atoms with Crippen molar-refractivity contribution in [3.63, 3.8) is 0 Å². The lowest BCUT2D eigenvalue weighted by molar-refractivity contribution is -0.228. The van der Waals surface area contributed by atoms with Crippen LogP contribution in [0.1, 0.15) is 13.8 Å². The second kappa shape index (κ2) is 5.45. The highest BCUT2D eigenvalue weighted by molar-refractivity contribution is 5.92. The Morgan fingerprint density at radius 3 is 1.83 bits per heavy atom. The average molecular weight is 330 g/mol. The summed E-state index contributed by atoms with van der Waals surface area (Å²) in [6, 6.07) is 0. The molecular formula is C15H26N2O6. The van der Waals surface area contributed by atoms with Crippen LogP contribution in [0.25, 0.3) is 0 Å². The van der Waals surface area contributed by atoms with Crippen LogP contribution in [0, 0.1) is 10.8 Å². The van der Waals surface area contributed by atoms with Gasteiger partial charge in [0, 0.05) is 26.2 Å². The standard InChI is InChI=1S/C15H26N2O6/c1-14-4-16-6-15(2,13(14)23)7-17(5-14)12(16)11(22)10(21)9(20)8(19)3-18/h8-12,18-22H,3-7H2,1-2H3/t8-,9+,10-,11+,12?,14?,15?/m0/s1. The minimum Gasteiger partial charge on any atom is -0.394 e. The first-order valence-electron chi connectivity index (χ1n) is 7.99. The van der Waals surface area contributed by atoms with Crippen LogP contribution >= 0.6 is 0 Å². The van der Waals surface area contributed by atoms with E-state index in [0.717, 1.165) is 0 Å². The lowest BCUT2D eigenvalue weighted by Crippen LogP contribution is -2.80. The third-order valence-electron chi connectivity index (χ3n) is 5.64. The number of carbonyl (C=O) groups excluding carboxylic acids is 1. The monoisotopic (exact) mass is 330 g/mol. The van der Waals surface area contributed by atoms with Gasteiger partial charge >= 0.3 is 0 Å². The van der Waals surface area contributed by atoms with E-state index in [-0.39, 0.29) is 5.78 Å². The zero-order valence-corrected chi connectivity index (χ0v) is 13.5. The molecule has 8 heteroatoms. The molecule has 0 saturated carbocycles. The Kier molecular flexibility index (Phi) is 4.08. The van der Waals surface area contributed by atoms with Gasteiger partial charge < -0.3 is 25.5 Å². The largest absolute Gasteiger partial charge is 0.394 e. The highest BCUT2D eigenvalue weighted by atomic mass is 16.4. The van der Waals surface area contributed by atoms with Crippen molar-refractivity contribution in [1.82, 2.24) is 9.80 Å². The van der Waals surface area contributed by atoms with Gasteiger partial charge in [0.1, 0.15) is 30.2 Å². The number of aliphatic hydroxyl groups excluding tert-OH is 5. The van der Waals surface area contributed by atoms with E-state index >= 15 is 0 Å². The third-order valence-corrected chi connectivity index (χ3v) is 5.64. The number of carbonyl (C=O) groups is 1. The van der Waals surface area contributed by atoms with Crippen molar-refractivity contribution < 1.29 is 30.3 Å². The fourth-order valence-corrected chi connectivity index (χ4v) is 4.77. The smallest absolute Gasteiger partial charge is 0.149 e. The Hall–Kier alpha value is -0.610. The van der Waals surface area contributed by atoms with Gasteiger partial charge in [0.15, 0.2) is 0 Å². The summed E-state index contributed by atoms with van der Waals surface area (Å²) in [4.78, 5) is 16.5. The summed E-state index contributed by atoms with van der Waals surface area (Å²) >= 11 is 0. The van der Waals surface area contributed by atoms with E-state index in [1.54, 1.807) is 0 Å². The molecule has 0 aliphatic carbocycles. The summed E-state index contributed by atoms with van der Waals surface area (Å²) < 4.78 is 0. The second-order valence-electron chi connectivity index (χ2n) is 7.90. The molecule has 0 unspecified atom stereocenters. The zero-order valence-electron chi connectivity index (χ0n) is 13.5. The van der Waals surface area contributed by atoms with Gasteiger partial charge in [0.05, 0.1) is 23.6 Å². The molecule has 4 saturated heterocycles. The van der Waals surface area contributed by atoms with Crippen molar-refractivity contribution in [3.05, 3.63) is 0 Å². The van der Waals surface area contributed by atoms with Gasteiger partial charge in [0.2, 0.25) is 0 Å². The predicted molar refractivity (Wildman–Crippen MR) is 79.3 cm³/mol. The molecule has 4 bridgehead atoms. The fraction of sp³-hybridized carbons (Fsp3) is 0.933. The van der Waals surface area contributed by atoms with Crippen LogP contribution in [-0.2, 0) is 4.79 Å². The first kappa shape index (κ1) is 17.2. The van der Waals surface area contributed by atoms with E-state index in [1.807, 2.05) is 23.6 Å². The summed E-state index contributed by atoms with van der Waals surface area (Å²) in [5, 5.41) is 48.9.